The van der Waals surface area contributed by atoms with E-state index in [-0.39, 0.29) is 11.7 Å². The van der Waals surface area contributed by atoms with Crippen molar-refractivity contribution in [1.29, 1.82) is 0 Å². The monoisotopic (exact) mass is 232 g/mol. The molecule has 2 N–H and O–H groups in total. The van der Waals surface area contributed by atoms with Crippen LogP contribution in [0.25, 0.3) is 0 Å². The van der Waals surface area contributed by atoms with Crippen LogP contribution in [0.1, 0.15) is 6.42 Å². The summed E-state index contributed by atoms with van der Waals surface area (Å²) in [6, 6.07) is 0. The Kier molecular flexibility index (Phi) is 5.64. The van der Waals surface area contributed by atoms with Gasteiger partial charge >= 0.3 is 0 Å². The quantitative estimate of drug-likeness (QED) is 0.608. The summed E-state index contributed by atoms with van der Waals surface area (Å²) < 4.78 is 10.8. The average molecular weight is 232 g/mol. The molecule has 2 atom stereocenters. The number of aliphatic hydroxyl groups is 1. The highest BCUT2D eigenvalue weighted by Crippen LogP contribution is 2.21. The number of hydrogen-bond donors (Lipinski definition) is 2. The van der Waals surface area contributed by atoms with E-state index >= 15 is 0 Å². The lowest BCUT2D eigenvalue weighted by Gasteiger charge is -2.27. The molecule has 5 heteroatoms. The molecule has 16 heavy (non-hydrogen) atoms. The van der Waals surface area contributed by atoms with Gasteiger partial charge in [0.05, 0.1) is 12.7 Å². The third kappa shape index (κ3) is 4.35. The molecular formula is C11H24N2O3. The number of rotatable bonds is 7. The van der Waals surface area contributed by atoms with Crippen molar-refractivity contribution in [2.24, 2.45) is 0 Å². The van der Waals surface area contributed by atoms with E-state index in [1.807, 2.05) is 19.0 Å². The van der Waals surface area contributed by atoms with Crippen molar-refractivity contribution in [2.75, 3.05) is 54.1 Å². The van der Waals surface area contributed by atoms with Crippen LogP contribution in [0.15, 0.2) is 0 Å². The second-order valence-electron chi connectivity index (χ2n) is 4.74. The van der Waals surface area contributed by atoms with Gasteiger partial charge in [0.2, 0.25) is 0 Å². The summed E-state index contributed by atoms with van der Waals surface area (Å²) in [5.41, 5.74) is -0.197. The molecule has 0 aromatic carbocycles. The summed E-state index contributed by atoms with van der Waals surface area (Å²) in [5.74, 6) is 0. The van der Waals surface area contributed by atoms with Gasteiger partial charge in [0.15, 0.2) is 0 Å². The van der Waals surface area contributed by atoms with E-state index in [1.165, 1.54) is 0 Å². The average Bonchev–Trinajstić information content (AvgIpc) is 2.66. The lowest BCUT2D eigenvalue weighted by atomic mass is 10.0. The molecule has 0 aliphatic carbocycles. The fourth-order valence-electron chi connectivity index (χ4n) is 1.91. The van der Waals surface area contributed by atoms with E-state index < -0.39 is 0 Å². The lowest BCUT2D eigenvalue weighted by molar-refractivity contribution is -0.0176. The smallest absolute Gasteiger partial charge is 0.106 e. The van der Waals surface area contributed by atoms with Gasteiger partial charge in [-0.3, -0.25) is 0 Å². The first-order valence-electron chi connectivity index (χ1n) is 5.74. The molecule has 0 aromatic heterocycles. The fourth-order valence-corrected chi connectivity index (χ4v) is 1.91. The Morgan fingerprint density at radius 3 is 2.81 bits per heavy atom. The van der Waals surface area contributed by atoms with Gasteiger partial charge in [0.25, 0.3) is 0 Å². The molecule has 1 heterocycles. The molecule has 96 valence electrons. The minimum atomic E-state index is -0.341. The molecule has 1 fully saturated rings. The van der Waals surface area contributed by atoms with Crippen LogP contribution < -0.4 is 5.32 Å². The summed E-state index contributed by atoms with van der Waals surface area (Å²) in [4.78, 5) is 1.97. The largest absolute Gasteiger partial charge is 0.390 e. The second-order valence-corrected chi connectivity index (χ2v) is 4.74. The minimum Gasteiger partial charge on any atom is -0.390 e. The van der Waals surface area contributed by atoms with Crippen molar-refractivity contribution in [3.63, 3.8) is 0 Å². The standard InChI is InChI=1S/C11H24N2O3/c1-13(2)7-10(14)6-12-8-11(15-3)4-5-16-9-11/h10,12,14H,4-9H2,1-3H3. The number of hydrogen-bond acceptors (Lipinski definition) is 5. The van der Waals surface area contributed by atoms with Gasteiger partial charge in [0, 0.05) is 39.8 Å². The van der Waals surface area contributed by atoms with Gasteiger partial charge in [-0.15, -0.1) is 0 Å². The van der Waals surface area contributed by atoms with Crippen LogP contribution >= 0.6 is 0 Å². The van der Waals surface area contributed by atoms with Crippen molar-refractivity contribution in [3.05, 3.63) is 0 Å². The van der Waals surface area contributed by atoms with Gasteiger partial charge in [-0.1, -0.05) is 0 Å². The Labute approximate surface area is 97.7 Å². The highest BCUT2D eigenvalue weighted by molar-refractivity contribution is 4.87. The highest BCUT2D eigenvalue weighted by atomic mass is 16.5. The summed E-state index contributed by atoms with van der Waals surface area (Å²) in [6.07, 6.45) is 0.575. The Morgan fingerprint density at radius 2 is 2.31 bits per heavy atom. The Balaban J connectivity index is 2.18. The van der Waals surface area contributed by atoms with Crippen LogP contribution in [0.4, 0.5) is 0 Å². The Bertz CT molecular complexity index is 194. The molecule has 1 rings (SSSR count). The van der Waals surface area contributed by atoms with Crippen molar-refractivity contribution in [1.82, 2.24) is 10.2 Å². The van der Waals surface area contributed by atoms with Crippen LogP contribution in [-0.4, -0.2) is 75.8 Å². The fraction of sp³-hybridized carbons (Fsp3) is 1.00. The summed E-state index contributed by atoms with van der Waals surface area (Å²) in [7, 11) is 5.61. The van der Waals surface area contributed by atoms with Gasteiger partial charge in [-0.25, -0.2) is 0 Å². The minimum absolute atomic E-state index is 0.197. The van der Waals surface area contributed by atoms with E-state index in [9.17, 15) is 5.11 Å². The van der Waals surface area contributed by atoms with E-state index in [0.29, 0.717) is 19.7 Å². The molecular weight excluding hydrogens is 208 g/mol. The Morgan fingerprint density at radius 1 is 1.56 bits per heavy atom. The number of ether oxygens (including phenoxy) is 2. The molecule has 0 aromatic rings. The second kappa shape index (κ2) is 6.51. The maximum Gasteiger partial charge on any atom is 0.106 e. The van der Waals surface area contributed by atoms with Crippen LogP contribution in [0, 0.1) is 0 Å². The van der Waals surface area contributed by atoms with Gasteiger partial charge < -0.3 is 24.8 Å². The van der Waals surface area contributed by atoms with Gasteiger partial charge in [-0.05, 0) is 14.1 Å². The maximum absolute atomic E-state index is 9.67. The molecule has 5 nitrogen and oxygen atoms in total. The van der Waals surface area contributed by atoms with E-state index in [2.05, 4.69) is 5.32 Å². The van der Waals surface area contributed by atoms with Gasteiger partial charge in [0.1, 0.15) is 5.60 Å². The first kappa shape index (κ1) is 13.9. The zero-order valence-electron chi connectivity index (χ0n) is 10.5. The Hall–Kier alpha value is -0.200. The van der Waals surface area contributed by atoms with Gasteiger partial charge in [-0.2, -0.15) is 0 Å². The van der Waals surface area contributed by atoms with Crippen LogP contribution in [0.3, 0.4) is 0 Å². The molecule has 2 unspecified atom stereocenters. The molecule has 1 saturated heterocycles. The molecule has 0 saturated carbocycles. The molecule has 0 amide bonds. The third-order valence-electron chi connectivity index (χ3n) is 2.90. The molecule has 0 bridgehead atoms. The number of aliphatic hydroxyl groups excluding tert-OH is 1. The van der Waals surface area contributed by atoms with Crippen molar-refractivity contribution < 1.29 is 14.6 Å². The van der Waals surface area contributed by atoms with E-state index in [4.69, 9.17) is 9.47 Å². The zero-order chi connectivity index (χ0) is 12.0. The van der Waals surface area contributed by atoms with Crippen LogP contribution in [0.5, 0.6) is 0 Å². The first-order valence-corrected chi connectivity index (χ1v) is 5.74. The first-order chi connectivity index (χ1) is 7.58. The normalized spacial score (nSPS) is 27.6. The number of nitrogens with zero attached hydrogens (tertiary/aromatic N) is 1. The highest BCUT2D eigenvalue weighted by Gasteiger charge is 2.34. The van der Waals surface area contributed by atoms with Crippen molar-refractivity contribution in [3.8, 4) is 0 Å². The lowest BCUT2D eigenvalue weighted by Crippen LogP contribution is -2.46. The topological polar surface area (TPSA) is 54.0 Å². The van der Waals surface area contributed by atoms with Crippen LogP contribution in [0.2, 0.25) is 0 Å². The number of nitrogens with one attached hydrogen (secondary N) is 1. The van der Waals surface area contributed by atoms with Crippen molar-refractivity contribution in [2.45, 2.75) is 18.1 Å². The maximum atomic E-state index is 9.67. The third-order valence-corrected chi connectivity index (χ3v) is 2.90. The van der Waals surface area contributed by atoms with E-state index in [0.717, 1.165) is 19.6 Å². The summed E-state index contributed by atoms with van der Waals surface area (Å²) >= 11 is 0. The SMILES string of the molecule is COC1(CNCC(O)CN(C)C)CCOC1. The van der Waals surface area contributed by atoms with E-state index in [1.54, 1.807) is 7.11 Å². The van der Waals surface area contributed by atoms with Crippen molar-refractivity contribution >= 4 is 0 Å². The molecule has 1 aliphatic rings. The van der Waals surface area contributed by atoms with Crippen LogP contribution in [-0.2, 0) is 9.47 Å². The predicted molar refractivity (Wildman–Crippen MR) is 62.6 cm³/mol. The summed E-state index contributed by atoms with van der Waals surface area (Å²) in [5, 5.41) is 12.9. The number of methoxy groups -OCH3 is 1. The molecule has 0 radical (unpaired) electrons. The molecule has 0 spiro atoms. The predicted octanol–water partition coefficient (Wildman–Crippen LogP) is -0.696. The zero-order valence-corrected chi connectivity index (χ0v) is 10.5. The number of likely N-dealkylation sites (N-methyl/N-ethyl adjacent to an activating group) is 1. The molecule has 1 aliphatic heterocycles. The summed E-state index contributed by atoms with van der Waals surface area (Å²) in [6.45, 7) is 3.39.